The Hall–Kier alpha value is -3.84. The fourth-order valence-electron chi connectivity index (χ4n) is 4.24. The van der Waals surface area contributed by atoms with Crippen LogP contribution in [0, 0.1) is 0 Å². The summed E-state index contributed by atoms with van der Waals surface area (Å²) < 4.78 is 5.18. The molecule has 8 heteroatoms. The van der Waals surface area contributed by atoms with E-state index >= 15 is 0 Å². The summed E-state index contributed by atoms with van der Waals surface area (Å²) in [5, 5.41) is 5.16. The number of benzene rings is 2. The van der Waals surface area contributed by atoms with Crippen LogP contribution in [0.25, 0.3) is 10.8 Å². The fraction of sp³-hybridized carbons (Fsp3) is 0.192. The van der Waals surface area contributed by atoms with Gasteiger partial charge in [-0.05, 0) is 35.7 Å². The Balaban J connectivity index is 1.38. The van der Waals surface area contributed by atoms with E-state index < -0.39 is 0 Å². The van der Waals surface area contributed by atoms with E-state index in [1.165, 1.54) is 0 Å². The molecule has 5 rings (SSSR count). The topological polar surface area (TPSA) is 70.6 Å². The summed E-state index contributed by atoms with van der Waals surface area (Å²) in [5.74, 6) is 2.20. The van der Waals surface area contributed by atoms with Crippen molar-refractivity contribution in [3.63, 3.8) is 0 Å². The van der Waals surface area contributed by atoms with Gasteiger partial charge in [0, 0.05) is 49.6 Å². The zero-order valence-electron chi connectivity index (χ0n) is 18.7. The van der Waals surface area contributed by atoms with E-state index in [4.69, 9.17) is 21.3 Å². The summed E-state index contributed by atoms with van der Waals surface area (Å²) in [7, 11) is 1.55. The molecule has 1 N–H and O–H groups in total. The smallest absolute Gasteiger partial charge is 0.257 e. The number of hydrogen-bond acceptors (Lipinski definition) is 6. The first kappa shape index (κ1) is 22.0. The van der Waals surface area contributed by atoms with E-state index in [9.17, 15) is 4.79 Å². The van der Waals surface area contributed by atoms with Gasteiger partial charge >= 0.3 is 0 Å². The highest BCUT2D eigenvalue weighted by molar-refractivity contribution is 6.32. The number of pyridine rings is 2. The van der Waals surface area contributed by atoms with Crippen molar-refractivity contribution in [3.8, 4) is 5.75 Å². The zero-order chi connectivity index (χ0) is 23.5. The Labute approximate surface area is 202 Å². The Morgan fingerprint density at radius 2 is 1.68 bits per heavy atom. The van der Waals surface area contributed by atoms with Crippen molar-refractivity contribution in [3.05, 3.63) is 83.6 Å². The number of piperazine rings is 1. The van der Waals surface area contributed by atoms with Crippen LogP contribution >= 0.6 is 11.6 Å². The molecule has 172 valence electrons. The number of carbonyl (C=O) groups is 1. The number of nitrogens with one attached hydrogen (secondary N) is 1. The van der Waals surface area contributed by atoms with Gasteiger partial charge in [0.1, 0.15) is 17.4 Å². The third kappa shape index (κ3) is 4.34. The number of nitrogens with zero attached hydrogens (tertiary/aromatic N) is 4. The van der Waals surface area contributed by atoms with Crippen LogP contribution in [0.3, 0.4) is 0 Å². The maximum atomic E-state index is 13.1. The summed E-state index contributed by atoms with van der Waals surface area (Å²) >= 11 is 6.21. The molecule has 0 unspecified atom stereocenters. The Morgan fingerprint density at radius 3 is 2.38 bits per heavy atom. The number of methoxy groups -OCH3 is 1. The molecule has 1 aliphatic rings. The molecule has 0 bridgehead atoms. The van der Waals surface area contributed by atoms with Gasteiger partial charge in [-0.25, -0.2) is 9.97 Å². The van der Waals surface area contributed by atoms with Gasteiger partial charge in [0.2, 0.25) is 0 Å². The van der Waals surface area contributed by atoms with E-state index in [0.717, 1.165) is 48.6 Å². The first-order chi connectivity index (χ1) is 16.6. The fourth-order valence-corrected chi connectivity index (χ4v) is 4.50. The molecule has 0 saturated carbocycles. The van der Waals surface area contributed by atoms with Crippen LogP contribution in [0.2, 0.25) is 5.02 Å². The van der Waals surface area contributed by atoms with Gasteiger partial charge in [0.25, 0.3) is 5.91 Å². The highest BCUT2D eigenvalue weighted by atomic mass is 35.5. The molecule has 34 heavy (non-hydrogen) atoms. The molecule has 1 fully saturated rings. The Bertz CT molecular complexity index is 1320. The van der Waals surface area contributed by atoms with Crippen LogP contribution in [0.15, 0.2) is 73.1 Å². The van der Waals surface area contributed by atoms with Crippen LogP contribution in [0.1, 0.15) is 10.4 Å². The maximum Gasteiger partial charge on any atom is 0.257 e. The lowest BCUT2D eigenvalue weighted by molar-refractivity contribution is 0.102. The average Bonchev–Trinajstić information content (AvgIpc) is 2.89. The number of amides is 1. The minimum atomic E-state index is -0.239. The van der Waals surface area contributed by atoms with Crippen molar-refractivity contribution in [1.82, 2.24) is 9.97 Å². The lowest BCUT2D eigenvalue weighted by Crippen LogP contribution is -2.47. The van der Waals surface area contributed by atoms with Gasteiger partial charge in [-0.3, -0.25) is 4.79 Å². The molecule has 3 heterocycles. The average molecular weight is 474 g/mol. The molecular formula is C26H24ClN5O2. The summed E-state index contributed by atoms with van der Waals surface area (Å²) in [6.45, 7) is 3.36. The quantitative estimate of drug-likeness (QED) is 0.446. The highest BCUT2D eigenvalue weighted by Crippen LogP contribution is 2.30. The molecular weight excluding hydrogens is 450 g/mol. The van der Waals surface area contributed by atoms with E-state index in [-0.39, 0.29) is 5.91 Å². The highest BCUT2D eigenvalue weighted by Gasteiger charge is 2.22. The number of fused-ring (bicyclic) bond motifs is 1. The summed E-state index contributed by atoms with van der Waals surface area (Å²) in [5.41, 5.74) is 1.10. The number of carbonyl (C=O) groups excluding carboxylic acids is 1. The Morgan fingerprint density at radius 1 is 0.941 bits per heavy atom. The Kier molecular flexibility index (Phi) is 6.18. The lowest BCUT2D eigenvalue weighted by atomic mass is 10.1. The summed E-state index contributed by atoms with van der Waals surface area (Å²) in [4.78, 5) is 26.9. The third-order valence-electron chi connectivity index (χ3n) is 5.98. The largest absolute Gasteiger partial charge is 0.495 e. The molecule has 0 radical (unpaired) electrons. The monoisotopic (exact) mass is 473 g/mol. The molecule has 1 saturated heterocycles. The number of halogens is 1. The van der Waals surface area contributed by atoms with Crippen LogP contribution < -0.4 is 19.9 Å². The molecule has 1 aliphatic heterocycles. The molecule has 0 atom stereocenters. The van der Waals surface area contributed by atoms with Crippen LogP contribution in [0.5, 0.6) is 5.75 Å². The third-order valence-corrected chi connectivity index (χ3v) is 6.28. The maximum absolute atomic E-state index is 13.1. The van der Waals surface area contributed by atoms with Gasteiger partial charge in [0.05, 0.1) is 17.7 Å². The molecule has 1 amide bonds. The van der Waals surface area contributed by atoms with E-state index in [1.54, 1.807) is 31.5 Å². The van der Waals surface area contributed by atoms with Gasteiger partial charge in [-0.2, -0.15) is 0 Å². The number of anilines is 3. The van der Waals surface area contributed by atoms with E-state index in [2.05, 4.69) is 20.1 Å². The van der Waals surface area contributed by atoms with Crippen molar-refractivity contribution >= 4 is 45.6 Å². The van der Waals surface area contributed by atoms with Crippen molar-refractivity contribution in [2.45, 2.75) is 0 Å². The number of ether oxygens (including phenoxy) is 1. The normalized spacial score (nSPS) is 13.7. The SMILES string of the molecule is COc1ccc(NC(=O)c2cnc(N3CCN(c4ccccn4)CC3)c3ccccc23)cc1Cl. The second-order valence-electron chi connectivity index (χ2n) is 8.01. The first-order valence-corrected chi connectivity index (χ1v) is 11.5. The van der Waals surface area contributed by atoms with Crippen molar-refractivity contribution in [1.29, 1.82) is 0 Å². The van der Waals surface area contributed by atoms with Gasteiger partial charge in [0.15, 0.2) is 0 Å². The predicted octanol–water partition coefficient (Wildman–Crippen LogP) is 4.87. The molecule has 2 aromatic heterocycles. The van der Waals surface area contributed by atoms with Crippen molar-refractivity contribution in [2.75, 3.05) is 48.4 Å². The second-order valence-corrected chi connectivity index (χ2v) is 8.41. The van der Waals surface area contributed by atoms with Gasteiger partial charge in [-0.15, -0.1) is 0 Å². The van der Waals surface area contributed by atoms with Crippen molar-refractivity contribution < 1.29 is 9.53 Å². The number of hydrogen-bond donors (Lipinski definition) is 1. The molecule has 4 aromatic rings. The first-order valence-electron chi connectivity index (χ1n) is 11.1. The van der Waals surface area contributed by atoms with Crippen LogP contribution in [-0.4, -0.2) is 49.2 Å². The molecule has 0 spiro atoms. The standard InChI is InChI=1S/C26H24ClN5O2/c1-34-23-10-9-18(16-22(23)27)30-26(33)21-17-29-25(20-7-3-2-6-19(20)21)32-14-12-31(13-15-32)24-8-4-5-11-28-24/h2-11,16-17H,12-15H2,1H3,(H,30,33). The van der Waals surface area contributed by atoms with Gasteiger partial charge in [-0.1, -0.05) is 41.9 Å². The van der Waals surface area contributed by atoms with Crippen LogP contribution in [-0.2, 0) is 0 Å². The number of rotatable bonds is 5. The van der Waals surface area contributed by atoms with Gasteiger partial charge < -0.3 is 19.9 Å². The molecule has 0 aliphatic carbocycles. The lowest BCUT2D eigenvalue weighted by Gasteiger charge is -2.36. The second kappa shape index (κ2) is 9.57. The minimum Gasteiger partial charge on any atom is -0.495 e. The van der Waals surface area contributed by atoms with E-state index in [1.807, 2.05) is 48.7 Å². The minimum absolute atomic E-state index is 0.239. The predicted molar refractivity (Wildman–Crippen MR) is 136 cm³/mol. The molecule has 7 nitrogen and oxygen atoms in total. The van der Waals surface area contributed by atoms with Crippen molar-refractivity contribution in [2.24, 2.45) is 0 Å². The summed E-state index contributed by atoms with van der Waals surface area (Å²) in [6, 6.07) is 19.0. The number of aromatic nitrogens is 2. The van der Waals surface area contributed by atoms with Crippen LogP contribution in [0.4, 0.5) is 17.3 Å². The summed E-state index contributed by atoms with van der Waals surface area (Å²) in [6.07, 6.45) is 3.48. The van der Waals surface area contributed by atoms with E-state index in [0.29, 0.717) is 22.0 Å². The molecule has 2 aromatic carbocycles. The zero-order valence-corrected chi connectivity index (χ0v) is 19.5.